The Morgan fingerprint density at radius 3 is 2.42 bits per heavy atom. The summed E-state index contributed by atoms with van der Waals surface area (Å²) in [6.45, 7) is 2.22. The number of imidazole rings is 1. The Labute approximate surface area is 213 Å². The van der Waals surface area contributed by atoms with Gasteiger partial charge in [-0.1, -0.05) is 62.2 Å². The summed E-state index contributed by atoms with van der Waals surface area (Å²) in [5, 5.41) is 3.12. The van der Waals surface area contributed by atoms with E-state index < -0.39 is 0 Å². The molecule has 0 spiro atoms. The third kappa shape index (κ3) is 5.35. The average Bonchev–Trinajstić information content (AvgIpc) is 3.61. The SMILES string of the molecule is CCCCCc1ccc(NC(=O)C2CC2c2nc(-c3ccccc3)[nH]c2-c2ccc(OC)cc2)cc1. The summed E-state index contributed by atoms with van der Waals surface area (Å²) in [5.41, 5.74) is 6.15. The van der Waals surface area contributed by atoms with Gasteiger partial charge in [0.1, 0.15) is 11.6 Å². The number of anilines is 1. The van der Waals surface area contributed by atoms with E-state index in [0.717, 1.165) is 52.6 Å². The van der Waals surface area contributed by atoms with Gasteiger partial charge >= 0.3 is 0 Å². The number of nitrogens with zero attached hydrogens (tertiary/aromatic N) is 1. The number of carbonyl (C=O) groups excluding carboxylic acids is 1. The number of benzene rings is 3. The lowest BCUT2D eigenvalue weighted by Crippen LogP contribution is -2.14. The number of hydrogen-bond acceptors (Lipinski definition) is 3. The predicted molar refractivity (Wildman–Crippen MR) is 145 cm³/mol. The second kappa shape index (κ2) is 10.8. The second-order valence-electron chi connectivity index (χ2n) is 9.53. The summed E-state index contributed by atoms with van der Waals surface area (Å²) in [5.74, 6) is 1.69. The van der Waals surface area contributed by atoms with Crippen LogP contribution >= 0.6 is 0 Å². The van der Waals surface area contributed by atoms with Gasteiger partial charge in [-0.05, 0) is 61.2 Å². The van der Waals surface area contributed by atoms with Crippen LogP contribution in [0.3, 0.4) is 0 Å². The monoisotopic (exact) mass is 479 g/mol. The largest absolute Gasteiger partial charge is 0.497 e. The van der Waals surface area contributed by atoms with Crippen molar-refractivity contribution in [1.82, 2.24) is 9.97 Å². The summed E-state index contributed by atoms with van der Waals surface area (Å²) < 4.78 is 5.33. The fraction of sp³-hybridized carbons (Fsp3) is 0.290. The second-order valence-corrected chi connectivity index (χ2v) is 9.53. The van der Waals surface area contributed by atoms with Crippen LogP contribution in [-0.2, 0) is 11.2 Å². The lowest BCUT2D eigenvalue weighted by atomic mass is 10.1. The first-order chi connectivity index (χ1) is 17.7. The van der Waals surface area contributed by atoms with Gasteiger partial charge in [-0.25, -0.2) is 4.98 Å². The maximum atomic E-state index is 13.1. The average molecular weight is 480 g/mol. The maximum absolute atomic E-state index is 13.1. The topological polar surface area (TPSA) is 67.0 Å². The molecule has 1 aliphatic carbocycles. The molecule has 0 bridgehead atoms. The summed E-state index contributed by atoms with van der Waals surface area (Å²) in [4.78, 5) is 21.6. The first-order valence-corrected chi connectivity index (χ1v) is 12.9. The van der Waals surface area contributed by atoms with E-state index in [2.05, 4.69) is 29.4 Å². The molecule has 184 valence electrons. The summed E-state index contributed by atoms with van der Waals surface area (Å²) in [7, 11) is 1.66. The van der Waals surface area contributed by atoms with Gasteiger partial charge in [0.15, 0.2) is 0 Å². The zero-order valence-corrected chi connectivity index (χ0v) is 21.0. The number of aromatic nitrogens is 2. The summed E-state index contributed by atoms with van der Waals surface area (Å²) in [6.07, 6.45) is 5.56. The van der Waals surface area contributed by atoms with Crippen LogP contribution in [0.25, 0.3) is 22.6 Å². The molecule has 0 aliphatic heterocycles. The van der Waals surface area contributed by atoms with Crippen LogP contribution in [0.2, 0.25) is 0 Å². The minimum absolute atomic E-state index is 0.0590. The number of amides is 1. The van der Waals surface area contributed by atoms with Crippen molar-refractivity contribution < 1.29 is 9.53 Å². The van der Waals surface area contributed by atoms with Gasteiger partial charge in [-0.15, -0.1) is 0 Å². The van der Waals surface area contributed by atoms with E-state index in [1.165, 1.54) is 24.8 Å². The highest BCUT2D eigenvalue weighted by Crippen LogP contribution is 2.50. The molecule has 5 rings (SSSR count). The van der Waals surface area contributed by atoms with E-state index >= 15 is 0 Å². The number of H-pyrrole nitrogens is 1. The Hall–Kier alpha value is -3.86. The third-order valence-electron chi connectivity index (χ3n) is 6.93. The number of rotatable bonds is 10. The van der Waals surface area contributed by atoms with Crippen LogP contribution in [0.4, 0.5) is 5.69 Å². The van der Waals surface area contributed by atoms with Crippen LogP contribution in [0, 0.1) is 5.92 Å². The van der Waals surface area contributed by atoms with Crippen LogP contribution in [0.1, 0.15) is 49.8 Å². The molecule has 2 N–H and O–H groups in total. The standard InChI is InChI=1S/C31H33N3O2/c1-3-4-6-9-21-12-16-24(17-13-21)32-31(35)27-20-26(27)29-28(22-14-18-25(36-2)19-15-22)33-30(34-29)23-10-7-5-8-11-23/h5,7-8,10-19,26-27H,3-4,6,9,20H2,1-2H3,(H,32,35)(H,33,34). The predicted octanol–water partition coefficient (Wildman–Crippen LogP) is 7.23. The third-order valence-corrected chi connectivity index (χ3v) is 6.93. The van der Waals surface area contributed by atoms with Gasteiger partial charge < -0.3 is 15.0 Å². The minimum atomic E-state index is -0.0850. The van der Waals surface area contributed by atoms with Crippen molar-refractivity contribution >= 4 is 11.6 Å². The fourth-order valence-electron chi connectivity index (χ4n) is 4.72. The Morgan fingerprint density at radius 1 is 0.972 bits per heavy atom. The first kappa shape index (κ1) is 23.9. The van der Waals surface area contributed by atoms with Crippen molar-refractivity contribution in [1.29, 1.82) is 0 Å². The number of aryl methyl sites for hydroxylation is 1. The Kier molecular flexibility index (Phi) is 7.17. The van der Waals surface area contributed by atoms with E-state index in [-0.39, 0.29) is 17.7 Å². The molecule has 1 amide bonds. The van der Waals surface area contributed by atoms with Crippen molar-refractivity contribution in [3.8, 4) is 28.4 Å². The van der Waals surface area contributed by atoms with Crippen LogP contribution in [-0.4, -0.2) is 23.0 Å². The molecule has 1 fully saturated rings. The quantitative estimate of drug-likeness (QED) is 0.236. The highest BCUT2D eigenvalue weighted by atomic mass is 16.5. The van der Waals surface area contributed by atoms with Crippen molar-refractivity contribution in [2.24, 2.45) is 5.92 Å². The highest BCUT2D eigenvalue weighted by Gasteiger charge is 2.47. The molecule has 3 aromatic carbocycles. The van der Waals surface area contributed by atoms with Crippen molar-refractivity contribution in [3.63, 3.8) is 0 Å². The van der Waals surface area contributed by atoms with Crippen molar-refractivity contribution in [2.45, 2.75) is 44.9 Å². The van der Waals surface area contributed by atoms with Crippen molar-refractivity contribution in [2.75, 3.05) is 12.4 Å². The number of nitrogens with one attached hydrogen (secondary N) is 2. The molecular weight excluding hydrogens is 446 g/mol. The number of unbranched alkanes of at least 4 members (excludes halogenated alkanes) is 2. The van der Waals surface area contributed by atoms with Crippen molar-refractivity contribution in [3.05, 3.63) is 90.1 Å². The molecule has 1 heterocycles. The fourth-order valence-corrected chi connectivity index (χ4v) is 4.72. The summed E-state index contributed by atoms with van der Waals surface area (Å²) in [6, 6.07) is 26.3. The van der Waals surface area contributed by atoms with Crippen LogP contribution in [0.15, 0.2) is 78.9 Å². The zero-order chi connectivity index (χ0) is 24.9. The molecule has 1 saturated carbocycles. The van der Waals surface area contributed by atoms with Gasteiger partial charge in [-0.2, -0.15) is 0 Å². The molecule has 5 nitrogen and oxygen atoms in total. The van der Waals surface area contributed by atoms with Gasteiger partial charge in [0.05, 0.1) is 18.5 Å². The number of hydrogen-bond donors (Lipinski definition) is 2. The zero-order valence-electron chi connectivity index (χ0n) is 21.0. The smallest absolute Gasteiger partial charge is 0.228 e. The molecule has 0 saturated heterocycles. The van der Waals surface area contributed by atoms with Gasteiger partial charge in [0, 0.05) is 28.7 Å². The molecule has 5 heteroatoms. The number of carbonyl (C=O) groups is 1. The van der Waals surface area contributed by atoms with E-state index in [1.807, 2.05) is 66.7 Å². The van der Waals surface area contributed by atoms with Gasteiger partial charge in [-0.3, -0.25) is 4.79 Å². The maximum Gasteiger partial charge on any atom is 0.228 e. The molecule has 1 aromatic heterocycles. The summed E-state index contributed by atoms with van der Waals surface area (Å²) >= 11 is 0. The van der Waals surface area contributed by atoms with Crippen LogP contribution < -0.4 is 10.1 Å². The number of ether oxygens (including phenoxy) is 1. The molecule has 0 radical (unpaired) electrons. The molecule has 1 aliphatic rings. The molecule has 36 heavy (non-hydrogen) atoms. The molecule has 2 unspecified atom stereocenters. The van der Waals surface area contributed by atoms with Gasteiger partial charge in [0.25, 0.3) is 0 Å². The molecule has 4 aromatic rings. The Balaban J connectivity index is 1.33. The van der Waals surface area contributed by atoms with Crippen LogP contribution in [0.5, 0.6) is 5.75 Å². The molecular formula is C31H33N3O2. The van der Waals surface area contributed by atoms with Gasteiger partial charge in [0.2, 0.25) is 5.91 Å². The lowest BCUT2D eigenvalue weighted by molar-refractivity contribution is -0.117. The Morgan fingerprint density at radius 2 is 1.72 bits per heavy atom. The van der Waals surface area contributed by atoms with E-state index in [9.17, 15) is 4.79 Å². The van der Waals surface area contributed by atoms with E-state index in [0.29, 0.717) is 0 Å². The van der Waals surface area contributed by atoms with E-state index in [4.69, 9.17) is 9.72 Å². The Bertz CT molecular complexity index is 1290. The minimum Gasteiger partial charge on any atom is -0.497 e. The number of methoxy groups -OCH3 is 1. The normalized spacial score (nSPS) is 16.5. The van der Waals surface area contributed by atoms with E-state index in [1.54, 1.807) is 7.11 Å². The highest BCUT2D eigenvalue weighted by molar-refractivity contribution is 5.95. The lowest BCUT2D eigenvalue weighted by Gasteiger charge is -2.07. The number of aromatic amines is 1. The molecule has 2 atom stereocenters. The first-order valence-electron chi connectivity index (χ1n) is 12.9.